The van der Waals surface area contributed by atoms with Crippen LogP contribution in [0.25, 0.3) is 0 Å². The van der Waals surface area contributed by atoms with Crippen molar-refractivity contribution in [2.45, 2.75) is 61.3 Å². The van der Waals surface area contributed by atoms with E-state index in [9.17, 15) is 0 Å². The minimum atomic E-state index is 0.531. The summed E-state index contributed by atoms with van der Waals surface area (Å²) in [7, 11) is 0. The molecule has 0 aromatic heterocycles. The first-order valence-electron chi connectivity index (χ1n) is 5.84. The van der Waals surface area contributed by atoms with Crippen LogP contribution in [0, 0.1) is 23.2 Å². The zero-order chi connectivity index (χ0) is 10.6. The van der Waals surface area contributed by atoms with Crippen molar-refractivity contribution in [2.24, 2.45) is 23.2 Å². The van der Waals surface area contributed by atoms with Crippen molar-refractivity contribution in [3.63, 3.8) is 0 Å². The van der Waals surface area contributed by atoms with Crippen LogP contribution in [0.1, 0.15) is 61.3 Å². The molecule has 13 heavy (non-hydrogen) atoms. The standard InChI is InChI=1S/C13H28/c1-8-12(6)13(7,11(4)5)9-10(2)3/h10-12H,8-9H2,1-7H3. The van der Waals surface area contributed by atoms with Crippen molar-refractivity contribution >= 4 is 0 Å². The van der Waals surface area contributed by atoms with E-state index in [-0.39, 0.29) is 0 Å². The van der Waals surface area contributed by atoms with Gasteiger partial charge < -0.3 is 0 Å². The molecule has 0 radical (unpaired) electrons. The Kier molecular flexibility index (Phi) is 5.02. The SMILES string of the molecule is CCC(C)C(C)(CC(C)C)C(C)C. The molecular formula is C13H28. The molecule has 0 spiro atoms. The van der Waals surface area contributed by atoms with E-state index in [0.29, 0.717) is 5.41 Å². The molecule has 0 aromatic rings. The summed E-state index contributed by atoms with van der Waals surface area (Å²) in [5.74, 6) is 2.46. The van der Waals surface area contributed by atoms with Crippen molar-refractivity contribution in [3.8, 4) is 0 Å². The quantitative estimate of drug-likeness (QED) is 0.579. The van der Waals surface area contributed by atoms with E-state index in [4.69, 9.17) is 0 Å². The van der Waals surface area contributed by atoms with Crippen LogP contribution >= 0.6 is 0 Å². The van der Waals surface area contributed by atoms with Crippen LogP contribution in [0.2, 0.25) is 0 Å². The van der Waals surface area contributed by atoms with E-state index in [0.717, 1.165) is 17.8 Å². The smallest absolute Gasteiger partial charge is 0.0275 e. The van der Waals surface area contributed by atoms with Gasteiger partial charge in [0.2, 0.25) is 0 Å². The van der Waals surface area contributed by atoms with Crippen molar-refractivity contribution < 1.29 is 0 Å². The van der Waals surface area contributed by atoms with Crippen LogP contribution in [0.15, 0.2) is 0 Å². The number of hydrogen-bond donors (Lipinski definition) is 0. The van der Waals surface area contributed by atoms with Crippen LogP contribution in [-0.4, -0.2) is 0 Å². The zero-order valence-corrected chi connectivity index (χ0v) is 10.6. The molecule has 0 rings (SSSR count). The van der Waals surface area contributed by atoms with E-state index >= 15 is 0 Å². The third-order valence-corrected chi connectivity index (χ3v) is 3.91. The maximum atomic E-state index is 2.46. The Morgan fingerprint density at radius 3 is 1.69 bits per heavy atom. The molecule has 2 atom stereocenters. The van der Waals surface area contributed by atoms with E-state index in [2.05, 4.69) is 48.5 Å². The fourth-order valence-corrected chi connectivity index (χ4v) is 2.35. The number of hydrogen-bond acceptors (Lipinski definition) is 0. The predicted octanol–water partition coefficient (Wildman–Crippen LogP) is 4.74. The highest BCUT2D eigenvalue weighted by molar-refractivity contribution is 4.83. The second-order valence-corrected chi connectivity index (χ2v) is 5.57. The average molecular weight is 184 g/mol. The van der Waals surface area contributed by atoms with Gasteiger partial charge >= 0.3 is 0 Å². The molecule has 0 N–H and O–H groups in total. The van der Waals surface area contributed by atoms with Crippen molar-refractivity contribution in [3.05, 3.63) is 0 Å². The van der Waals surface area contributed by atoms with E-state index in [1.807, 2.05) is 0 Å². The van der Waals surface area contributed by atoms with Crippen LogP contribution in [0.5, 0.6) is 0 Å². The van der Waals surface area contributed by atoms with Gasteiger partial charge in [-0.15, -0.1) is 0 Å². The Labute approximate surface area is 85.1 Å². The Morgan fingerprint density at radius 2 is 1.46 bits per heavy atom. The number of rotatable bonds is 5. The molecule has 0 fully saturated rings. The van der Waals surface area contributed by atoms with Gasteiger partial charge in [0.05, 0.1) is 0 Å². The lowest BCUT2D eigenvalue weighted by atomic mass is 9.65. The topological polar surface area (TPSA) is 0 Å². The van der Waals surface area contributed by atoms with Gasteiger partial charge in [-0.05, 0) is 29.6 Å². The summed E-state index contributed by atoms with van der Waals surface area (Å²) in [4.78, 5) is 0. The Bertz CT molecular complexity index is 135. The first-order chi connectivity index (χ1) is 5.84. The fraction of sp³-hybridized carbons (Fsp3) is 1.00. The lowest BCUT2D eigenvalue weighted by Crippen LogP contribution is -2.32. The average Bonchev–Trinajstić information content (AvgIpc) is 2.01. The molecule has 0 nitrogen and oxygen atoms in total. The summed E-state index contributed by atoms with van der Waals surface area (Å²) in [5.41, 5.74) is 0.531. The molecule has 0 saturated heterocycles. The van der Waals surface area contributed by atoms with Crippen molar-refractivity contribution in [1.29, 1.82) is 0 Å². The third kappa shape index (κ3) is 3.32. The molecule has 0 bridgehead atoms. The summed E-state index contributed by atoms with van der Waals surface area (Å²) in [6.45, 7) is 16.6. The molecule has 2 unspecified atom stereocenters. The first-order valence-corrected chi connectivity index (χ1v) is 5.84. The van der Waals surface area contributed by atoms with Crippen LogP contribution in [0.4, 0.5) is 0 Å². The maximum Gasteiger partial charge on any atom is -0.0275 e. The molecule has 0 aliphatic heterocycles. The second kappa shape index (κ2) is 5.02. The van der Waals surface area contributed by atoms with Gasteiger partial charge in [0.15, 0.2) is 0 Å². The largest absolute Gasteiger partial charge is 0.0651 e. The lowest BCUT2D eigenvalue weighted by Gasteiger charge is -2.41. The fourth-order valence-electron chi connectivity index (χ4n) is 2.35. The summed E-state index contributed by atoms with van der Waals surface area (Å²) >= 11 is 0. The van der Waals surface area contributed by atoms with Gasteiger partial charge in [0, 0.05) is 0 Å². The van der Waals surface area contributed by atoms with Gasteiger partial charge in [-0.25, -0.2) is 0 Å². The minimum Gasteiger partial charge on any atom is -0.0651 e. The van der Waals surface area contributed by atoms with E-state index < -0.39 is 0 Å². The van der Waals surface area contributed by atoms with Crippen molar-refractivity contribution in [2.75, 3.05) is 0 Å². The van der Waals surface area contributed by atoms with Crippen LogP contribution < -0.4 is 0 Å². The van der Waals surface area contributed by atoms with E-state index in [1.54, 1.807) is 0 Å². The van der Waals surface area contributed by atoms with Gasteiger partial charge in [-0.3, -0.25) is 0 Å². The highest BCUT2D eigenvalue weighted by Gasteiger charge is 2.33. The van der Waals surface area contributed by atoms with Gasteiger partial charge in [-0.2, -0.15) is 0 Å². The summed E-state index contributed by atoms with van der Waals surface area (Å²) in [5, 5.41) is 0. The molecule has 0 saturated carbocycles. The first kappa shape index (κ1) is 13.0. The van der Waals surface area contributed by atoms with Crippen molar-refractivity contribution in [1.82, 2.24) is 0 Å². The highest BCUT2D eigenvalue weighted by atomic mass is 14.4. The van der Waals surface area contributed by atoms with Gasteiger partial charge in [0.25, 0.3) is 0 Å². The monoisotopic (exact) mass is 184 g/mol. The molecular weight excluding hydrogens is 156 g/mol. The molecule has 0 aliphatic rings. The molecule has 0 aromatic carbocycles. The summed E-state index contributed by atoms with van der Waals surface area (Å²) in [6, 6.07) is 0. The molecule has 0 aliphatic carbocycles. The molecule has 80 valence electrons. The summed E-state index contributed by atoms with van der Waals surface area (Å²) < 4.78 is 0. The third-order valence-electron chi connectivity index (χ3n) is 3.91. The minimum absolute atomic E-state index is 0.531. The van der Waals surface area contributed by atoms with E-state index in [1.165, 1.54) is 12.8 Å². The second-order valence-electron chi connectivity index (χ2n) is 5.57. The van der Waals surface area contributed by atoms with Gasteiger partial charge in [0.1, 0.15) is 0 Å². The molecule has 0 amide bonds. The van der Waals surface area contributed by atoms with Crippen LogP contribution in [-0.2, 0) is 0 Å². The van der Waals surface area contributed by atoms with Gasteiger partial charge in [-0.1, -0.05) is 54.9 Å². The Hall–Kier alpha value is 0. The zero-order valence-electron chi connectivity index (χ0n) is 10.6. The van der Waals surface area contributed by atoms with Crippen LogP contribution in [0.3, 0.4) is 0 Å². The Morgan fingerprint density at radius 1 is 1.00 bits per heavy atom. The molecule has 0 heteroatoms. The maximum absolute atomic E-state index is 2.46. The Balaban J connectivity index is 4.52. The molecule has 0 heterocycles. The normalized spacial score (nSPS) is 19.2. The predicted molar refractivity (Wildman–Crippen MR) is 61.9 cm³/mol. The lowest BCUT2D eigenvalue weighted by molar-refractivity contribution is 0.0905. The summed E-state index contributed by atoms with van der Waals surface area (Å²) in [6.07, 6.45) is 2.67. The highest BCUT2D eigenvalue weighted by Crippen LogP contribution is 2.42.